The molecule has 1 aromatic heterocycles. The monoisotopic (exact) mass is 298 g/mol. The van der Waals surface area contributed by atoms with Gasteiger partial charge in [0.15, 0.2) is 5.82 Å². The van der Waals surface area contributed by atoms with Gasteiger partial charge in [-0.1, -0.05) is 18.2 Å². The van der Waals surface area contributed by atoms with Gasteiger partial charge in [-0.05, 0) is 18.9 Å². The zero-order valence-corrected chi connectivity index (χ0v) is 12.1. The summed E-state index contributed by atoms with van der Waals surface area (Å²) in [5.41, 5.74) is 1.96. The summed E-state index contributed by atoms with van der Waals surface area (Å²) in [4.78, 5) is 12.6. The molecule has 4 rings (SSSR count). The molecular formula is C16H18N4O2. The number of anilines is 1. The van der Waals surface area contributed by atoms with Crippen molar-refractivity contribution in [2.45, 2.75) is 24.8 Å². The first kappa shape index (κ1) is 13.3. The van der Waals surface area contributed by atoms with Crippen molar-refractivity contribution in [3.05, 3.63) is 41.6 Å². The predicted octanol–water partition coefficient (Wildman–Crippen LogP) is 1.95. The third-order valence-electron chi connectivity index (χ3n) is 4.07. The molecule has 2 heterocycles. The molecule has 1 unspecified atom stereocenters. The zero-order chi connectivity index (χ0) is 14.9. The number of hydrogen-bond donors (Lipinski definition) is 3. The summed E-state index contributed by atoms with van der Waals surface area (Å²) in [5.74, 6) is 1.81. The second-order valence-electron chi connectivity index (χ2n) is 5.75. The summed E-state index contributed by atoms with van der Waals surface area (Å²) in [6.45, 7) is 1.18. The van der Waals surface area contributed by atoms with Crippen molar-refractivity contribution in [2.24, 2.45) is 0 Å². The lowest BCUT2D eigenvalue weighted by molar-refractivity contribution is -0.118. The van der Waals surface area contributed by atoms with Crippen LogP contribution in [0.5, 0.6) is 5.75 Å². The van der Waals surface area contributed by atoms with Crippen molar-refractivity contribution in [1.29, 1.82) is 0 Å². The highest BCUT2D eigenvalue weighted by Crippen LogP contribution is 2.39. The Bertz CT molecular complexity index is 693. The molecule has 2 aliphatic rings. The molecule has 1 amide bonds. The van der Waals surface area contributed by atoms with E-state index in [0.717, 1.165) is 17.0 Å². The summed E-state index contributed by atoms with van der Waals surface area (Å²) in [6, 6.07) is 9.12. The lowest BCUT2D eigenvalue weighted by atomic mass is 10.1. The van der Waals surface area contributed by atoms with E-state index >= 15 is 0 Å². The van der Waals surface area contributed by atoms with Crippen LogP contribution in [0.1, 0.15) is 36.1 Å². The number of aromatic amines is 1. The molecule has 1 atom stereocenters. The number of aromatic nitrogens is 2. The lowest BCUT2D eigenvalue weighted by Gasteiger charge is -2.16. The van der Waals surface area contributed by atoms with Crippen LogP contribution in [0.15, 0.2) is 30.3 Å². The fourth-order valence-electron chi connectivity index (χ4n) is 2.76. The smallest absolute Gasteiger partial charge is 0.247 e. The highest BCUT2D eigenvalue weighted by molar-refractivity contribution is 5.95. The van der Waals surface area contributed by atoms with Gasteiger partial charge in [0.2, 0.25) is 5.91 Å². The van der Waals surface area contributed by atoms with Gasteiger partial charge in [-0.3, -0.25) is 15.2 Å². The van der Waals surface area contributed by atoms with Gasteiger partial charge in [0.05, 0.1) is 0 Å². The van der Waals surface area contributed by atoms with E-state index in [9.17, 15) is 4.79 Å². The number of ether oxygens (including phenoxy) is 1. The van der Waals surface area contributed by atoms with Crippen molar-refractivity contribution in [3.8, 4) is 5.75 Å². The van der Waals surface area contributed by atoms with Gasteiger partial charge in [-0.25, -0.2) is 0 Å². The number of nitrogens with zero attached hydrogens (tertiary/aromatic N) is 1. The third-order valence-corrected chi connectivity index (χ3v) is 4.07. The average molecular weight is 298 g/mol. The Balaban J connectivity index is 1.53. The summed E-state index contributed by atoms with van der Waals surface area (Å²) >= 11 is 0. The van der Waals surface area contributed by atoms with E-state index in [1.54, 1.807) is 0 Å². The maximum Gasteiger partial charge on any atom is 0.247 e. The van der Waals surface area contributed by atoms with Crippen LogP contribution < -0.4 is 15.4 Å². The summed E-state index contributed by atoms with van der Waals surface area (Å²) in [6.07, 6.45) is 2.40. The number of hydrogen-bond acceptors (Lipinski definition) is 4. The number of rotatable bonds is 3. The Morgan fingerprint density at radius 2 is 2.18 bits per heavy atom. The van der Waals surface area contributed by atoms with Crippen LogP contribution in [0.4, 0.5) is 5.82 Å². The first-order valence-electron chi connectivity index (χ1n) is 7.62. The van der Waals surface area contributed by atoms with Crippen LogP contribution in [0, 0.1) is 0 Å². The van der Waals surface area contributed by atoms with Crippen molar-refractivity contribution in [2.75, 3.05) is 18.5 Å². The van der Waals surface area contributed by atoms with Crippen LogP contribution in [0.25, 0.3) is 0 Å². The standard InChI is InChI=1S/C16H18N4O2/c21-16(18-14-9-12(19-20-14)10-5-6-10)15-11-3-1-2-4-13(11)22-8-7-17-15/h1-4,9-10,15,17H,5-8H2,(H2,18,19,20,21). The Kier molecular flexibility index (Phi) is 3.31. The minimum absolute atomic E-state index is 0.119. The highest BCUT2D eigenvalue weighted by atomic mass is 16.5. The molecule has 1 saturated carbocycles. The number of carbonyl (C=O) groups is 1. The Morgan fingerprint density at radius 3 is 3.05 bits per heavy atom. The average Bonchev–Trinajstić information content (AvgIpc) is 3.31. The summed E-state index contributed by atoms with van der Waals surface area (Å²) in [7, 11) is 0. The number of H-pyrrole nitrogens is 1. The predicted molar refractivity (Wildman–Crippen MR) is 81.9 cm³/mol. The highest BCUT2D eigenvalue weighted by Gasteiger charge is 2.28. The maximum atomic E-state index is 12.6. The normalized spacial score (nSPS) is 20.6. The van der Waals surface area contributed by atoms with Gasteiger partial charge >= 0.3 is 0 Å². The third kappa shape index (κ3) is 2.57. The molecular weight excluding hydrogens is 280 g/mol. The number of fused-ring (bicyclic) bond motifs is 1. The molecule has 1 fully saturated rings. The summed E-state index contributed by atoms with van der Waals surface area (Å²) < 4.78 is 5.66. The van der Waals surface area contributed by atoms with E-state index in [4.69, 9.17) is 4.74 Å². The molecule has 1 aliphatic carbocycles. The Labute approximate surface area is 128 Å². The second kappa shape index (κ2) is 5.46. The topological polar surface area (TPSA) is 79.0 Å². The molecule has 3 N–H and O–H groups in total. The number of benzene rings is 1. The Hall–Kier alpha value is -2.34. The van der Waals surface area contributed by atoms with Gasteiger partial charge in [-0.15, -0.1) is 0 Å². The zero-order valence-electron chi connectivity index (χ0n) is 12.1. The molecule has 6 nitrogen and oxygen atoms in total. The molecule has 1 aliphatic heterocycles. The van der Waals surface area contributed by atoms with Crippen LogP contribution in [-0.4, -0.2) is 29.3 Å². The first-order valence-corrected chi connectivity index (χ1v) is 7.62. The van der Waals surface area contributed by atoms with Crippen LogP contribution in [-0.2, 0) is 4.79 Å². The lowest BCUT2D eigenvalue weighted by Crippen LogP contribution is -2.33. The molecule has 6 heteroatoms. The maximum absolute atomic E-state index is 12.6. The number of nitrogens with one attached hydrogen (secondary N) is 3. The largest absolute Gasteiger partial charge is 0.492 e. The molecule has 2 aromatic rings. The van der Waals surface area contributed by atoms with Crippen LogP contribution in [0.2, 0.25) is 0 Å². The minimum atomic E-state index is -0.431. The van der Waals surface area contributed by atoms with Crippen molar-refractivity contribution in [3.63, 3.8) is 0 Å². The minimum Gasteiger partial charge on any atom is -0.492 e. The van der Waals surface area contributed by atoms with E-state index in [1.807, 2.05) is 30.3 Å². The molecule has 0 radical (unpaired) electrons. The molecule has 114 valence electrons. The van der Waals surface area contributed by atoms with E-state index in [2.05, 4.69) is 20.8 Å². The summed E-state index contributed by atoms with van der Waals surface area (Å²) in [5, 5.41) is 13.3. The van der Waals surface area contributed by atoms with E-state index < -0.39 is 6.04 Å². The quantitative estimate of drug-likeness (QED) is 0.809. The molecule has 0 spiro atoms. The van der Waals surface area contributed by atoms with Crippen molar-refractivity contribution >= 4 is 11.7 Å². The SMILES string of the molecule is O=C(Nc1cc(C2CC2)[nH]n1)C1NCCOc2ccccc21. The van der Waals surface area contributed by atoms with Crippen LogP contribution in [0.3, 0.4) is 0 Å². The fraction of sp³-hybridized carbons (Fsp3) is 0.375. The van der Waals surface area contributed by atoms with Gasteiger partial charge < -0.3 is 10.1 Å². The van der Waals surface area contributed by atoms with Gasteiger partial charge in [0, 0.05) is 29.8 Å². The van der Waals surface area contributed by atoms with Gasteiger partial charge in [0.25, 0.3) is 0 Å². The molecule has 22 heavy (non-hydrogen) atoms. The van der Waals surface area contributed by atoms with Gasteiger partial charge in [0.1, 0.15) is 18.4 Å². The number of carbonyl (C=O) groups excluding carboxylic acids is 1. The molecule has 0 saturated heterocycles. The van der Waals surface area contributed by atoms with Crippen LogP contribution >= 0.6 is 0 Å². The first-order chi connectivity index (χ1) is 10.8. The van der Waals surface area contributed by atoms with E-state index in [0.29, 0.717) is 24.9 Å². The van der Waals surface area contributed by atoms with Crippen molar-refractivity contribution in [1.82, 2.24) is 15.5 Å². The molecule has 0 bridgehead atoms. The van der Waals surface area contributed by atoms with Gasteiger partial charge in [-0.2, -0.15) is 5.10 Å². The Morgan fingerprint density at radius 1 is 1.32 bits per heavy atom. The number of amides is 1. The second-order valence-corrected chi connectivity index (χ2v) is 5.75. The fourth-order valence-corrected chi connectivity index (χ4v) is 2.76. The van der Waals surface area contributed by atoms with E-state index in [-0.39, 0.29) is 5.91 Å². The molecule has 1 aromatic carbocycles. The number of para-hydroxylation sites is 1. The van der Waals surface area contributed by atoms with Crippen molar-refractivity contribution < 1.29 is 9.53 Å². The van der Waals surface area contributed by atoms with E-state index in [1.165, 1.54) is 12.8 Å².